The van der Waals surface area contributed by atoms with Crippen molar-refractivity contribution in [1.29, 1.82) is 0 Å². The zero-order valence-corrected chi connectivity index (χ0v) is 7.88. The molecule has 3 heteroatoms. The Hall–Kier alpha value is -0.730. The van der Waals surface area contributed by atoms with E-state index in [1.807, 2.05) is 0 Å². The van der Waals surface area contributed by atoms with Gasteiger partial charge in [0.15, 0.2) is 0 Å². The Labute approximate surface area is 78.5 Å². The summed E-state index contributed by atoms with van der Waals surface area (Å²) in [7, 11) is 0. The fraction of sp³-hybridized carbons (Fsp3) is 0.900. The minimum atomic E-state index is -0.873. The normalized spacial score (nSPS) is 37.4. The molecule has 3 aliphatic rings. The minimum absolute atomic E-state index is 0.327. The van der Waals surface area contributed by atoms with E-state index >= 15 is 0 Å². The Morgan fingerprint density at radius 1 is 1.31 bits per heavy atom. The molecule has 0 saturated heterocycles. The molecule has 13 heavy (non-hydrogen) atoms. The van der Waals surface area contributed by atoms with Gasteiger partial charge in [-0.3, -0.25) is 0 Å². The summed E-state index contributed by atoms with van der Waals surface area (Å²) in [5, 5.41) is 11.1. The second-order valence-electron chi connectivity index (χ2n) is 4.64. The Bertz CT molecular complexity index is 193. The number of rotatable bonds is 2. The van der Waals surface area contributed by atoms with Crippen LogP contribution in [-0.2, 0) is 0 Å². The van der Waals surface area contributed by atoms with Crippen LogP contribution in [0.15, 0.2) is 0 Å². The van der Waals surface area contributed by atoms with Gasteiger partial charge in [-0.05, 0) is 49.9 Å². The van der Waals surface area contributed by atoms with Crippen LogP contribution in [0.5, 0.6) is 0 Å². The van der Waals surface area contributed by atoms with Crippen molar-refractivity contribution in [1.82, 2.24) is 5.32 Å². The lowest BCUT2D eigenvalue weighted by molar-refractivity contribution is 0.0644. The molecule has 0 aromatic rings. The smallest absolute Gasteiger partial charge is 0.404 e. The molecule has 2 N–H and O–H groups in total. The molecule has 0 radical (unpaired) electrons. The van der Waals surface area contributed by atoms with Gasteiger partial charge < -0.3 is 10.4 Å². The van der Waals surface area contributed by atoms with Gasteiger partial charge in [0.1, 0.15) is 0 Å². The molecule has 0 unspecified atom stereocenters. The zero-order chi connectivity index (χ0) is 9.31. The standard InChI is InChI=1S/C10H17NO2/c12-9(13)11-7-10-4-1-8(2-5-10)3-6-10/h8,11H,1-7H2,(H,12,13). The van der Waals surface area contributed by atoms with Gasteiger partial charge in [0.05, 0.1) is 0 Å². The van der Waals surface area contributed by atoms with Gasteiger partial charge in [0.25, 0.3) is 0 Å². The molecule has 0 aromatic carbocycles. The summed E-state index contributed by atoms with van der Waals surface area (Å²) in [6, 6.07) is 0. The third-order valence-electron chi connectivity index (χ3n) is 3.86. The highest BCUT2D eigenvalue weighted by Crippen LogP contribution is 2.49. The fourth-order valence-electron chi connectivity index (χ4n) is 2.87. The van der Waals surface area contributed by atoms with Crippen molar-refractivity contribution in [3.05, 3.63) is 0 Å². The number of carboxylic acid groups (broad SMARTS) is 1. The van der Waals surface area contributed by atoms with Crippen LogP contribution in [-0.4, -0.2) is 17.7 Å². The van der Waals surface area contributed by atoms with Gasteiger partial charge in [-0.15, -0.1) is 0 Å². The Balaban J connectivity index is 1.91. The van der Waals surface area contributed by atoms with Crippen LogP contribution < -0.4 is 5.32 Å². The number of amides is 1. The van der Waals surface area contributed by atoms with Crippen molar-refractivity contribution in [3.8, 4) is 0 Å². The summed E-state index contributed by atoms with van der Waals surface area (Å²) in [4.78, 5) is 10.4. The topological polar surface area (TPSA) is 49.3 Å². The van der Waals surface area contributed by atoms with E-state index in [4.69, 9.17) is 5.11 Å². The van der Waals surface area contributed by atoms with Crippen molar-refractivity contribution in [2.75, 3.05) is 6.54 Å². The zero-order valence-electron chi connectivity index (χ0n) is 7.88. The monoisotopic (exact) mass is 183 g/mol. The second-order valence-corrected chi connectivity index (χ2v) is 4.64. The van der Waals surface area contributed by atoms with E-state index in [1.165, 1.54) is 38.5 Å². The molecule has 3 aliphatic carbocycles. The van der Waals surface area contributed by atoms with Crippen molar-refractivity contribution in [2.24, 2.45) is 11.3 Å². The van der Waals surface area contributed by atoms with E-state index in [0.717, 1.165) is 5.92 Å². The molecule has 0 atom stereocenters. The first-order valence-corrected chi connectivity index (χ1v) is 5.17. The van der Waals surface area contributed by atoms with E-state index in [0.29, 0.717) is 12.0 Å². The fourth-order valence-corrected chi connectivity index (χ4v) is 2.87. The van der Waals surface area contributed by atoms with Crippen molar-refractivity contribution >= 4 is 6.09 Å². The summed E-state index contributed by atoms with van der Waals surface area (Å²) < 4.78 is 0. The lowest BCUT2D eigenvalue weighted by Crippen LogP contribution is -2.43. The highest BCUT2D eigenvalue weighted by Gasteiger charge is 2.40. The Morgan fingerprint density at radius 3 is 2.31 bits per heavy atom. The van der Waals surface area contributed by atoms with Gasteiger partial charge in [-0.1, -0.05) is 0 Å². The summed E-state index contributed by atoms with van der Waals surface area (Å²) >= 11 is 0. The lowest BCUT2D eigenvalue weighted by Gasteiger charge is -2.46. The van der Waals surface area contributed by atoms with Crippen LogP contribution in [0.3, 0.4) is 0 Å². The molecule has 0 aliphatic heterocycles. The average molecular weight is 183 g/mol. The van der Waals surface area contributed by atoms with Crippen LogP contribution in [0.2, 0.25) is 0 Å². The van der Waals surface area contributed by atoms with Gasteiger partial charge in [0.2, 0.25) is 0 Å². The molecule has 1 amide bonds. The van der Waals surface area contributed by atoms with E-state index in [9.17, 15) is 4.79 Å². The van der Waals surface area contributed by atoms with Gasteiger partial charge >= 0.3 is 6.09 Å². The second kappa shape index (κ2) is 3.20. The molecule has 3 nitrogen and oxygen atoms in total. The predicted octanol–water partition coefficient (Wildman–Crippen LogP) is 2.22. The van der Waals surface area contributed by atoms with Crippen molar-refractivity contribution in [2.45, 2.75) is 38.5 Å². The first-order chi connectivity index (χ1) is 6.20. The first kappa shape index (κ1) is 8.85. The Kier molecular flexibility index (Phi) is 2.18. The molecule has 0 heterocycles. The quantitative estimate of drug-likeness (QED) is 0.689. The van der Waals surface area contributed by atoms with Crippen LogP contribution in [0.1, 0.15) is 38.5 Å². The number of hydrogen-bond acceptors (Lipinski definition) is 1. The maximum atomic E-state index is 10.4. The van der Waals surface area contributed by atoms with Gasteiger partial charge in [0, 0.05) is 6.54 Å². The molecule has 74 valence electrons. The molecule has 0 spiro atoms. The number of fused-ring (bicyclic) bond motifs is 3. The number of carbonyl (C=O) groups is 1. The van der Waals surface area contributed by atoms with Crippen LogP contribution in [0.25, 0.3) is 0 Å². The minimum Gasteiger partial charge on any atom is -0.465 e. The average Bonchev–Trinajstić information content (AvgIpc) is 2.18. The molecule has 3 fully saturated rings. The highest BCUT2D eigenvalue weighted by molar-refractivity contribution is 5.64. The number of hydrogen-bond donors (Lipinski definition) is 2. The SMILES string of the molecule is O=C(O)NCC12CCC(CC1)CC2. The molecule has 2 bridgehead atoms. The largest absolute Gasteiger partial charge is 0.465 e. The summed E-state index contributed by atoms with van der Waals surface area (Å²) in [5.41, 5.74) is 0.327. The molecule has 3 rings (SSSR count). The summed E-state index contributed by atoms with van der Waals surface area (Å²) in [6.07, 6.45) is 6.79. The van der Waals surface area contributed by atoms with Crippen molar-refractivity contribution in [3.63, 3.8) is 0 Å². The Morgan fingerprint density at radius 2 is 1.85 bits per heavy atom. The van der Waals surface area contributed by atoms with E-state index < -0.39 is 6.09 Å². The van der Waals surface area contributed by atoms with E-state index in [2.05, 4.69) is 5.32 Å². The predicted molar refractivity (Wildman–Crippen MR) is 49.7 cm³/mol. The highest BCUT2D eigenvalue weighted by atomic mass is 16.4. The molecule has 0 aromatic heterocycles. The molecular weight excluding hydrogens is 166 g/mol. The lowest BCUT2D eigenvalue weighted by atomic mass is 9.61. The first-order valence-electron chi connectivity index (χ1n) is 5.17. The third-order valence-corrected chi connectivity index (χ3v) is 3.86. The number of nitrogens with one attached hydrogen (secondary N) is 1. The maximum Gasteiger partial charge on any atom is 0.404 e. The van der Waals surface area contributed by atoms with Crippen LogP contribution in [0.4, 0.5) is 4.79 Å². The van der Waals surface area contributed by atoms with Gasteiger partial charge in [-0.25, -0.2) is 4.79 Å². The summed E-state index contributed by atoms with van der Waals surface area (Å²) in [5.74, 6) is 0.951. The van der Waals surface area contributed by atoms with Gasteiger partial charge in [-0.2, -0.15) is 0 Å². The maximum absolute atomic E-state index is 10.4. The molecule has 3 saturated carbocycles. The third kappa shape index (κ3) is 1.79. The summed E-state index contributed by atoms with van der Waals surface area (Å²) in [6.45, 7) is 0.676. The van der Waals surface area contributed by atoms with Crippen molar-refractivity contribution < 1.29 is 9.90 Å². The van der Waals surface area contributed by atoms with E-state index in [-0.39, 0.29) is 0 Å². The van der Waals surface area contributed by atoms with E-state index in [1.54, 1.807) is 0 Å². The van der Waals surface area contributed by atoms with Crippen LogP contribution >= 0.6 is 0 Å². The molecular formula is C10H17NO2. The van der Waals surface area contributed by atoms with Crippen LogP contribution in [0, 0.1) is 11.3 Å².